The summed E-state index contributed by atoms with van der Waals surface area (Å²) in [6.07, 6.45) is 5.77. The second kappa shape index (κ2) is 8.12. The number of carbonyl (C=O) groups is 2. The highest BCUT2D eigenvalue weighted by atomic mass is 16.3. The van der Waals surface area contributed by atoms with Gasteiger partial charge in [-0.2, -0.15) is 0 Å². The highest BCUT2D eigenvalue weighted by Gasteiger charge is 2.18. The molecule has 0 aromatic carbocycles. The summed E-state index contributed by atoms with van der Waals surface area (Å²) in [5.74, 6) is 0.408. The molecule has 0 atom stereocenters. The Morgan fingerprint density at radius 3 is 2.57 bits per heavy atom. The van der Waals surface area contributed by atoms with Crippen LogP contribution in [0.4, 0.5) is 0 Å². The average molecular weight is 315 g/mol. The van der Waals surface area contributed by atoms with E-state index in [1.165, 1.54) is 11.8 Å². The third-order valence-corrected chi connectivity index (χ3v) is 3.61. The van der Waals surface area contributed by atoms with E-state index in [2.05, 4.69) is 4.98 Å². The van der Waals surface area contributed by atoms with E-state index in [-0.39, 0.29) is 18.4 Å². The Kier molecular flexibility index (Phi) is 5.91. The van der Waals surface area contributed by atoms with Gasteiger partial charge in [0, 0.05) is 32.9 Å². The summed E-state index contributed by atoms with van der Waals surface area (Å²) >= 11 is 0. The Morgan fingerprint density at radius 2 is 1.96 bits per heavy atom. The molecule has 2 aromatic rings. The van der Waals surface area contributed by atoms with Crippen molar-refractivity contribution < 1.29 is 14.0 Å². The van der Waals surface area contributed by atoms with Gasteiger partial charge in [0.15, 0.2) is 0 Å². The Labute approximate surface area is 135 Å². The lowest BCUT2D eigenvalue weighted by Crippen LogP contribution is -2.40. The normalized spacial score (nSPS) is 10.3. The van der Waals surface area contributed by atoms with E-state index in [9.17, 15) is 9.59 Å². The van der Waals surface area contributed by atoms with Crippen LogP contribution >= 0.6 is 0 Å². The zero-order valence-electron chi connectivity index (χ0n) is 13.4. The zero-order valence-corrected chi connectivity index (χ0v) is 13.4. The summed E-state index contributed by atoms with van der Waals surface area (Å²) in [6.45, 7) is 2.39. The van der Waals surface area contributed by atoms with Crippen molar-refractivity contribution in [1.82, 2.24) is 14.8 Å². The number of nitrogens with zero attached hydrogens (tertiary/aromatic N) is 3. The molecular weight excluding hydrogens is 294 g/mol. The molecule has 6 nitrogen and oxygen atoms in total. The minimum absolute atomic E-state index is 0.0445. The molecule has 122 valence electrons. The molecule has 0 spiro atoms. The van der Waals surface area contributed by atoms with Gasteiger partial charge in [-0.05, 0) is 36.2 Å². The SMILES string of the molecule is CC(=O)N(CC(=O)N(C)CCc1ccncc1)Cc1ccco1. The average Bonchev–Trinajstić information content (AvgIpc) is 3.05. The van der Waals surface area contributed by atoms with Crippen molar-refractivity contribution >= 4 is 11.8 Å². The molecule has 0 aliphatic rings. The first-order valence-electron chi connectivity index (χ1n) is 7.47. The van der Waals surface area contributed by atoms with Crippen LogP contribution in [0.15, 0.2) is 47.3 Å². The Hall–Kier alpha value is -2.63. The van der Waals surface area contributed by atoms with E-state index in [0.29, 0.717) is 18.8 Å². The van der Waals surface area contributed by atoms with E-state index < -0.39 is 0 Å². The number of furan rings is 1. The Balaban J connectivity index is 1.86. The van der Waals surface area contributed by atoms with E-state index in [0.717, 1.165) is 12.0 Å². The molecular formula is C17H21N3O3. The van der Waals surface area contributed by atoms with Gasteiger partial charge in [-0.25, -0.2) is 0 Å². The van der Waals surface area contributed by atoms with Crippen LogP contribution in [0.2, 0.25) is 0 Å². The molecule has 0 saturated carbocycles. The molecule has 2 amide bonds. The Bertz CT molecular complexity index is 626. The summed E-state index contributed by atoms with van der Waals surface area (Å²) in [6, 6.07) is 7.40. The van der Waals surface area contributed by atoms with Crippen molar-refractivity contribution in [1.29, 1.82) is 0 Å². The molecule has 6 heteroatoms. The Morgan fingerprint density at radius 1 is 1.22 bits per heavy atom. The fourth-order valence-corrected chi connectivity index (χ4v) is 2.12. The summed E-state index contributed by atoms with van der Waals surface area (Å²) in [5.41, 5.74) is 1.12. The number of rotatable bonds is 7. The number of hydrogen-bond acceptors (Lipinski definition) is 4. The summed E-state index contributed by atoms with van der Waals surface area (Å²) in [4.78, 5) is 31.1. The lowest BCUT2D eigenvalue weighted by molar-refractivity contribution is -0.139. The standard InChI is InChI=1S/C17H21N3O3/c1-14(21)20(12-16-4-3-11-23-16)13-17(22)19(2)10-7-15-5-8-18-9-6-15/h3-6,8-9,11H,7,10,12-13H2,1-2H3. The van der Waals surface area contributed by atoms with Crippen LogP contribution in [0.5, 0.6) is 0 Å². The first kappa shape index (κ1) is 16.7. The van der Waals surface area contributed by atoms with Gasteiger partial charge in [0.25, 0.3) is 0 Å². The molecule has 0 N–H and O–H groups in total. The first-order valence-corrected chi connectivity index (χ1v) is 7.47. The first-order chi connectivity index (χ1) is 11.1. The van der Waals surface area contributed by atoms with Crippen molar-refractivity contribution in [2.75, 3.05) is 20.1 Å². The quantitative estimate of drug-likeness (QED) is 0.780. The third kappa shape index (κ3) is 5.25. The smallest absolute Gasteiger partial charge is 0.241 e. The van der Waals surface area contributed by atoms with Gasteiger partial charge in [0.2, 0.25) is 11.8 Å². The maximum absolute atomic E-state index is 12.3. The van der Waals surface area contributed by atoms with Gasteiger partial charge in [-0.1, -0.05) is 0 Å². The van der Waals surface area contributed by atoms with Crippen molar-refractivity contribution in [2.24, 2.45) is 0 Å². The number of pyridine rings is 1. The topological polar surface area (TPSA) is 66.7 Å². The number of amides is 2. The largest absolute Gasteiger partial charge is 0.467 e. The van der Waals surface area contributed by atoms with Crippen molar-refractivity contribution in [3.8, 4) is 0 Å². The molecule has 23 heavy (non-hydrogen) atoms. The number of carbonyl (C=O) groups excluding carboxylic acids is 2. The molecule has 0 aliphatic carbocycles. The lowest BCUT2D eigenvalue weighted by atomic mass is 10.2. The van der Waals surface area contributed by atoms with Crippen LogP contribution in [-0.4, -0.2) is 46.7 Å². The molecule has 0 unspecified atom stereocenters. The number of likely N-dealkylation sites (N-methyl/N-ethyl adjacent to an activating group) is 1. The summed E-state index contributed by atoms with van der Waals surface area (Å²) in [7, 11) is 1.74. The summed E-state index contributed by atoms with van der Waals surface area (Å²) in [5, 5.41) is 0. The van der Waals surface area contributed by atoms with Crippen LogP contribution in [0, 0.1) is 0 Å². The third-order valence-electron chi connectivity index (χ3n) is 3.61. The van der Waals surface area contributed by atoms with Crippen molar-refractivity contribution in [2.45, 2.75) is 19.9 Å². The fraction of sp³-hybridized carbons (Fsp3) is 0.353. The van der Waals surface area contributed by atoms with E-state index in [1.54, 1.807) is 42.7 Å². The maximum atomic E-state index is 12.3. The minimum atomic E-state index is -0.155. The number of aromatic nitrogens is 1. The van der Waals surface area contributed by atoms with Gasteiger partial charge in [-0.15, -0.1) is 0 Å². The number of hydrogen-bond donors (Lipinski definition) is 0. The molecule has 0 saturated heterocycles. The van der Waals surface area contributed by atoms with Crippen LogP contribution in [0.1, 0.15) is 18.2 Å². The van der Waals surface area contributed by atoms with Gasteiger partial charge < -0.3 is 14.2 Å². The van der Waals surface area contributed by atoms with Crippen molar-refractivity contribution in [3.05, 3.63) is 54.2 Å². The molecule has 0 radical (unpaired) electrons. The van der Waals surface area contributed by atoms with Crippen LogP contribution < -0.4 is 0 Å². The second-order valence-electron chi connectivity index (χ2n) is 5.38. The lowest BCUT2D eigenvalue weighted by Gasteiger charge is -2.23. The predicted molar refractivity (Wildman–Crippen MR) is 85.4 cm³/mol. The van der Waals surface area contributed by atoms with E-state index in [4.69, 9.17) is 4.42 Å². The molecule has 0 aliphatic heterocycles. The van der Waals surface area contributed by atoms with Gasteiger partial charge in [0.1, 0.15) is 12.3 Å². The highest BCUT2D eigenvalue weighted by Crippen LogP contribution is 2.07. The molecule has 0 bridgehead atoms. The van der Waals surface area contributed by atoms with E-state index >= 15 is 0 Å². The monoisotopic (exact) mass is 315 g/mol. The van der Waals surface area contributed by atoms with Crippen LogP contribution in [0.25, 0.3) is 0 Å². The highest BCUT2D eigenvalue weighted by molar-refractivity contribution is 5.83. The minimum Gasteiger partial charge on any atom is -0.467 e. The zero-order chi connectivity index (χ0) is 16.7. The van der Waals surface area contributed by atoms with Gasteiger partial charge >= 0.3 is 0 Å². The fourth-order valence-electron chi connectivity index (χ4n) is 2.12. The maximum Gasteiger partial charge on any atom is 0.241 e. The summed E-state index contributed by atoms with van der Waals surface area (Å²) < 4.78 is 5.24. The molecule has 0 fully saturated rings. The molecule has 2 rings (SSSR count). The van der Waals surface area contributed by atoms with Crippen LogP contribution in [0.3, 0.4) is 0 Å². The van der Waals surface area contributed by atoms with Crippen molar-refractivity contribution in [3.63, 3.8) is 0 Å². The van der Waals surface area contributed by atoms with E-state index in [1.807, 2.05) is 12.1 Å². The molecule has 2 heterocycles. The van der Waals surface area contributed by atoms with Crippen LogP contribution in [-0.2, 0) is 22.6 Å². The second-order valence-corrected chi connectivity index (χ2v) is 5.38. The predicted octanol–water partition coefficient (Wildman–Crippen LogP) is 1.72. The van der Waals surface area contributed by atoms with Gasteiger partial charge in [-0.3, -0.25) is 14.6 Å². The molecule has 2 aromatic heterocycles. The van der Waals surface area contributed by atoms with Gasteiger partial charge in [0.05, 0.1) is 12.8 Å².